The summed E-state index contributed by atoms with van der Waals surface area (Å²) in [7, 11) is 0. The Morgan fingerprint density at radius 3 is 2.61 bits per heavy atom. The molecule has 0 amide bonds. The summed E-state index contributed by atoms with van der Waals surface area (Å²) >= 11 is -0.129. The van der Waals surface area contributed by atoms with E-state index in [0.29, 0.717) is 11.3 Å². The van der Waals surface area contributed by atoms with Crippen LogP contribution in [0.15, 0.2) is 18.2 Å². The van der Waals surface area contributed by atoms with Crippen molar-refractivity contribution >= 4 is 23.1 Å². The molecule has 0 aromatic heterocycles. The van der Waals surface area contributed by atoms with Crippen molar-refractivity contribution in [2.45, 2.75) is 12.4 Å². The Morgan fingerprint density at radius 2 is 2.06 bits per heavy atom. The highest BCUT2D eigenvalue weighted by Gasteiger charge is 2.27. The number of nitro groups is 1. The van der Waals surface area contributed by atoms with E-state index in [1.807, 2.05) is 0 Å². The summed E-state index contributed by atoms with van der Waals surface area (Å²) < 4.78 is 35.6. The lowest BCUT2D eigenvalue weighted by Gasteiger charge is -2.08. The zero-order valence-electron chi connectivity index (χ0n) is 9.45. The first-order chi connectivity index (χ1) is 8.28. The van der Waals surface area contributed by atoms with E-state index in [1.165, 1.54) is 12.1 Å². The minimum atomic E-state index is -4.25. The standard InChI is InChI=1S/C10H11F3N2O2S/c1-7-4-8(6-9(5-7)15(16)17)14-2-3-18-10(11,12)13/h4-6,14H,2-3H2,1H3. The van der Waals surface area contributed by atoms with Crippen molar-refractivity contribution in [2.75, 3.05) is 17.6 Å². The molecule has 0 saturated heterocycles. The van der Waals surface area contributed by atoms with Gasteiger partial charge in [0.25, 0.3) is 5.69 Å². The third-order valence-corrected chi connectivity index (χ3v) is 2.71. The van der Waals surface area contributed by atoms with Crippen LogP contribution in [-0.2, 0) is 0 Å². The molecule has 1 N–H and O–H groups in total. The van der Waals surface area contributed by atoms with Crippen molar-refractivity contribution in [3.63, 3.8) is 0 Å². The van der Waals surface area contributed by atoms with Gasteiger partial charge in [-0.15, -0.1) is 0 Å². The number of nitrogens with one attached hydrogen (secondary N) is 1. The fourth-order valence-electron chi connectivity index (χ4n) is 1.33. The Kier molecular flexibility index (Phi) is 4.83. The molecule has 0 aliphatic carbocycles. The maximum atomic E-state index is 11.9. The van der Waals surface area contributed by atoms with Crippen LogP contribution in [-0.4, -0.2) is 22.7 Å². The second-order valence-electron chi connectivity index (χ2n) is 3.54. The zero-order chi connectivity index (χ0) is 13.8. The molecule has 4 nitrogen and oxygen atoms in total. The van der Waals surface area contributed by atoms with Gasteiger partial charge in [0.2, 0.25) is 0 Å². The molecule has 0 aliphatic heterocycles. The normalized spacial score (nSPS) is 11.3. The molecule has 18 heavy (non-hydrogen) atoms. The molecule has 0 spiro atoms. The quantitative estimate of drug-likeness (QED) is 0.509. The minimum absolute atomic E-state index is 0.0824. The maximum Gasteiger partial charge on any atom is 0.441 e. The third-order valence-electron chi connectivity index (χ3n) is 1.97. The zero-order valence-corrected chi connectivity index (χ0v) is 10.3. The maximum absolute atomic E-state index is 11.9. The molecule has 0 unspecified atom stereocenters. The second kappa shape index (κ2) is 5.94. The highest BCUT2D eigenvalue weighted by atomic mass is 32.2. The number of alkyl halides is 3. The monoisotopic (exact) mass is 280 g/mol. The third kappa shape index (κ3) is 5.26. The van der Waals surface area contributed by atoms with E-state index in [1.54, 1.807) is 13.0 Å². The number of anilines is 1. The van der Waals surface area contributed by atoms with E-state index in [-0.39, 0.29) is 29.7 Å². The van der Waals surface area contributed by atoms with Crippen LogP contribution < -0.4 is 5.32 Å². The average Bonchev–Trinajstić information content (AvgIpc) is 2.22. The number of hydrogen-bond acceptors (Lipinski definition) is 4. The highest BCUT2D eigenvalue weighted by Crippen LogP contribution is 2.29. The Balaban J connectivity index is 2.55. The fraction of sp³-hybridized carbons (Fsp3) is 0.400. The van der Waals surface area contributed by atoms with Crippen molar-refractivity contribution < 1.29 is 18.1 Å². The van der Waals surface area contributed by atoms with Crippen molar-refractivity contribution in [3.05, 3.63) is 33.9 Å². The van der Waals surface area contributed by atoms with Gasteiger partial charge in [-0.05, 0) is 30.3 Å². The molecule has 0 fully saturated rings. The van der Waals surface area contributed by atoms with E-state index in [9.17, 15) is 23.3 Å². The van der Waals surface area contributed by atoms with Crippen LogP contribution in [0.3, 0.4) is 0 Å². The lowest BCUT2D eigenvalue weighted by atomic mass is 10.2. The predicted molar refractivity (Wildman–Crippen MR) is 64.8 cm³/mol. The van der Waals surface area contributed by atoms with Crippen molar-refractivity contribution in [1.82, 2.24) is 0 Å². The first-order valence-electron chi connectivity index (χ1n) is 4.98. The number of nitrogens with zero attached hydrogens (tertiary/aromatic N) is 1. The molecule has 0 atom stereocenters. The summed E-state index contributed by atoms with van der Waals surface area (Å²) in [5, 5.41) is 13.3. The number of benzene rings is 1. The van der Waals surface area contributed by atoms with Crippen LogP contribution >= 0.6 is 11.8 Å². The van der Waals surface area contributed by atoms with Gasteiger partial charge in [-0.1, -0.05) is 0 Å². The van der Waals surface area contributed by atoms with E-state index in [0.717, 1.165) is 0 Å². The van der Waals surface area contributed by atoms with Gasteiger partial charge < -0.3 is 5.32 Å². The van der Waals surface area contributed by atoms with Crippen LogP contribution in [0.2, 0.25) is 0 Å². The average molecular weight is 280 g/mol. The van der Waals surface area contributed by atoms with Crippen LogP contribution in [0.4, 0.5) is 24.5 Å². The van der Waals surface area contributed by atoms with Crippen molar-refractivity contribution in [2.24, 2.45) is 0 Å². The van der Waals surface area contributed by atoms with Crippen LogP contribution in [0.25, 0.3) is 0 Å². The number of aryl methyl sites for hydroxylation is 1. The summed E-state index contributed by atoms with van der Waals surface area (Å²) in [6.07, 6.45) is 0. The molecule has 0 radical (unpaired) electrons. The van der Waals surface area contributed by atoms with Crippen molar-refractivity contribution in [1.29, 1.82) is 0 Å². The summed E-state index contributed by atoms with van der Waals surface area (Å²) in [5.41, 5.74) is -3.21. The van der Waals surface area contributed by atoms with E-state index in [4.69, 9.17) is 0 Å². The van der Waals surface area contributed by atoms with Crippen molar-refractivity contribution in [3.8, 4) is 0 Å². The smallest absolute Gasteiger partial charge is 0.384 e. The summed E-state index contributed by atoms with van der Waals surface area (Å²) in [6.45, 7) is 1.77. The molecule has 0 heterocycles. The molecular weight excluding hydrogens is 269 g/mol. The van der Waals surface area contributed by atoms with E-state index < -0.39 is 10.4 Å². The van der Waals surface area contributed by atoms with Gasteiger partial charge in [0, 0.05) is 30.1 Å². The number of rotatable bonds is 5. The number of halogens is 3. The van der Waals surface area contributed by atoms with Crippen LogP contribution in [0.5, 0.6) is 0 Å². The Bertz CT molecular complexity index is 438. The molecule has 100 valence electrons. The molecule has 1 aromatic rings. The van der Waals surface area contributed by atoms with Gasteiger partial charge in [-0.2, -0.15) is 13.2 Å². The van der Waals surface area contributed by atoms with E-state index in [2.05, 4.69) is 5.32 Å². The Morgan fingerprint density at radius 1 is 1.39 bits per heavy atom. The Hall–Kier alpha value is -1.44. The van der Waals surface area contributed by atoms with Gasteiger partial charge in [0.15, 0.2) is 0 Å². The molecular formula is C10H11F3N2O2S. The summed E-state index contributed by atoms with van der Waals surface area (Å²) in [4.78, 5) is 10.1. The topological polar surface area (TPSA) is 55.2 Å². The number of thioether (sulfide) groups is 1. The lowest BCUT2D eigenvalue weighted by molar-refractivity contribution is -0.384. The predicted octanol–water partition coefficient (Wildman–Crippen LogP) is 3.57. The first kappa shape index (κ1) is 14.6. The molecule has 8 heteroatoms. The number of non-ortho nitro benzene ring substituents is 1. The number of hydrogen-bond donors (Lipinski definition) is 1. The molecule has 1 rings (SSSR count). The Labute approximate surface area is 106 Å². The molecule has 0 aliphatic rings. The fourth-order valence-corrected chi connectivity index (χ4v) is 1.77. The van der Waals surface area contributed by atoms with Gasteiger partial charge in [0.1, 0.15) is 0 Å². The van der Waals surface area contributed by atoms with Gasteiger partial charge in [-0.3, -0.25) is 10.1 Å². The van der Waals surface area contributed by atoms with Gasteiger partial charge in [-0.25, -0.2) is 0 Å². The minimum Gasteiger partial charge on any atom is -0.384 e. The lowest BCUT2D eigenvalue weighted by Crippen LogP contribution is -2.09. The summed E-state index contributed by atoms with van der Waals surface area (Å²) in [5.74, 6) is -0.148. The highest BCUT2D eigenvalue weighted by molar-refractivity contribution is 8.00. The van der Waals surface area contributed by atoms with Gasteiger partial charge >= 0.3 is 5.51 Å². The SMILES string of the molecule is Cc1cc(NCCSC(F)(F)F)cc([N+](=O)[O-])c1. The summed E-state index contributed by atoms with van der Waals surface area (Å²) in [6, 6.07) is 4.34. The molecule has 1 aromatic carbocycles. The second-order valence-corrected chi connectivity index (χ2v) is 4.70. The number of nitro benzene ring substituents is 1. The molecule has 0 saturated carbocycles. The first-order valence-corrected chi connectivity index (χ1v) is 5.97. The van der Waals surface area contributed by atoms with Crippen LogP contribution in [0.1, 0.15) is 5.56 Å². The van der Waals surface area contributed by atoms with Crippen LogP contribution in [0, 0.1) is 17.0 Å². The molecule has 0 bridgehead atoms. The largest absolute Gasteiger partial charge is 0.441 e. The van der Waals surface area contributed by atoms with E-state index >= 15 is 0 Å². The van der Waals surface area contributed by atoms with Gasteiger partial charge in [0.05, 0.1) is 4.92 Å².